The van der Waals surface area contributed by atoms with Crippen molar-refractivity contribution >= 4 is 40.0 Å². The summed E-state index contributed by atoms with van der Waals surface area (Å²) < 4.78 is 11.2. The summed E-state index contributed by atoms with van der Waals surface area (Å²) in [6.45, 7) is 4.35. The highest BCUT2D eigenvalue weighted by Crippen LogP contribution is 2.33. The van der Waals surface area contributed by atoms with Crippen LogP contribution in [-0.4, -0.2) is 49.2 Å². The second-order valence-corrected chi connectivity index (χ2v) is 9.18. The fourth-order valence-electron chi connectivity index (χ4n) is 4.63. The third-order valence-electron chi connectivity index (χ3n) is 6.53. The number of carbonyl (C=O) groups excluding carboxylic acids is 2. The van der Waals surface area contributed by atoms with Crippen molar-refractivity contribution in [3.63, 3.8) is 0 Å². The van der Waals surface area contributed by atoms with E-state index in [0.29, 0.717) is 23.6 Å². The third-order valence-corrected chi connectivity index (χ3v) is 6.53. The summed E-state index contributed by atoms with van der Waals surface area (Å²) in [5.41, 5.74) is 11.6. The van der Waals surface area contributed by atoms with E-state index < -0.39 is 5.91 Å². The van der Waals surface area contributed by atoms with Crippen molar-refractivity contribution in [2.75, 3.05) is 13.7 Å². The zero-order chi connectivity index (χ0) is 25.8. The number of furan rings is 1. The van der Waals surface area contributed by atoms with Crippen molar-refractivity contribution in [3.05, 3.63) is 52.8 Å². The number of nitrogens with two attached hydrogens (primary N) is 1. The molecule has 10 nitrogen and oxygen atoms in total. The molecular formula is C26H32N6O4. The Hall–Kier alpha value is -3.92. The minimum absolute atomic E-state index is 0.0321. The number of nitrogens with one attached hydrogen (secondary N) is 4. The van der Waals surface area contributed by atoms with Crippen molar-refractivity contribution < 1.29 is 18.7 Å². The molecule has 1 aromatic carbocycles. The molecule has 36 heavy (non-hydrogen) atoms. The van der Waals surface area contributed by atoms with E-state index in [1.165, 1.54) is 6.08 Å². The summed E-state index contributed by atoms with van der Waals surface area (Å²) in [6, 6.07) is 6.03. The van der Waals surface area contributed by atoms with Gasteiger partial charge in [-0.3, -0.25) is 15.0 Å². The van der Waals surface area contributed by atoms with Gasteiger partial charge in [-0.15, -0.1) is 0 Å². The van der Waals surface area contributed by atoms with Crippen molar-refractivity contribution in [1.29, 1.82) is 5.41 Å². The standard InChI is InChI=1S/C26H32N6O4/c1-14-6-11-19-18(13-14)15(2)24(36-19)23(21-22(27)26(34)32-31-25(21)28)30-17-9-7-16(8-10-17)29-20(33)5-4-12-35-3/h4-6,11,13,16-17,27,30H,7-10,12H2,1-3H3,(H2,28,31)(H,29,33)(H,32,34)/b5-4+,23-21+,27-22?. The minimum atomic E-state index is -0.629. The van der Waals surface area contributed by atoms with Crippen molar-refractivity contribution in [1.82, 2.24) is 16.1 Å². The highest BCUT2D eigenvalue weighted by atomic mass is 16.5. The molecule has 0 radical (unpaired) electrons. The van der Waals surface area contributed by atoms with E-state index in [1.54, 1.807) is 13.2 Å². The first-order chi connectivity index (χ1) is 17.3. The van der Waals surface area contributed by atoms with Gasteiger partial charge < -0.3 is 25.5 Å². The van der Waals surface area contributed by atoms with Crippen LogP contribution in [0.1, 0.15) is 42.6 Å². The maximum atomic E-state index is 12.3. The Morgan fingerprint density at radius 2 is 1.94 bits per heavy atom. The third kappa shape index (κ3) is 5.33. The smallest absolute Gasteiger partial charge is 0.290 e. The number of rotatable bonds is 7. The quantitative estimate of drug-likeness (QED) is 0.374. The Morgan fingerprint density at radius 1 is 1.25 bits per heavy atom. The molecule has 1 aliphatic heterocycles. The van der Waals surface area contributed by atoms with Crippen LogP contribution in [0.5, 0.6) is 0 Å². The Labute approximate surface area is 209 Å². The largest absolute Gasteiger partial charge is 0.454 e. The van der Waals surface area contributed by atoms with Gasteiger partial charge in [0.2, 0.25) is 5.91 Å². The Kier molecular flexibility index (Phi) is 7.54. The molecule has 190 valence electrons. The number of amides is 2. The molecule has 0 unspecified atom stereocenters. The van der Waals surface area contributed by atoms with Gasteiger partial charge in [-0.1, -0.05) is 17.7 Å². The molecule has 2 heterocycles. The van der Waals surface area contributed by atoms with Gasteiger partial charge in [0.05, 0.1) is 17.9 Å². The fourth-order valence-corrected chi connectivity index (χ4v) is 4.63. The van der Waals surface area contributed by atoms with Crippen LogP contribution in [0.25, 0.3) is 16.7 Å². The molecule has 4 rings (SSSR count). The number of benzene rings is 1. The van der Waals surface area contributed by atoms with E-state index >= 15 is 0 Å². The molecule has 0 bridgehead atoms. The van der Waals surface area contributed by atoms with Crippen LogP contribution in [0, 0.1) is 19.3 Å². The van der Waals surface area contributed by atoms with Crippen LogP contribution in [0.3, 0.4) is 0 Å². The van der Waals surface area contributed by atoms with Crippen molar-refractivity contribution in [3.8, 4) is 0 Å². The molecule has 0 saturated heterocycles. The second-order valence-electron chi connectivity index (χ2n) is 9.18. The molecule has 1 aromatic heterocycles. The van der Waals surface area contributed by atoms with Crippen molar-refractivity contribution in [2.45, 2.75) is 51.6 Å². The average molecular weight is 493 g/mol. The predicted molar refractivity (Wildman–Crippen MR) is 138 cm³/mol. The zero-order valence-corrected chi connectivity index (χ0v) is 20.7. The monoisotopic (exact) mass is 492 g/mol. The number of nitrogens with zero attached hydrogens (tertiary/aromatic N) is 1. The SMILES string of the molecule is COC/C=C/C(=O)NC1CCC(N/C(=C2\C(=N)C(=O)NN=C2N)c2oc3ccc(C)cc3c2C)CC1. The van der Waals surface area contributed by atoms with Crippen LogP contribution in [0.4, 0.5) is 0 Å². The first-order valence-electron chi connectivity index (χ1n) is 12.0. The van der Waals surface area contributed by atoms with E-state index in [9.17, 15) is 9.59 Å². The van der Waals surface area contributed by atoms with Crippen LogP contribution in [0.2, 0.25) is 0 Å². The van der Waals surface area contributed by atoms with E-state index in [1.807, 2.05) is 32.0 Å². The predicted octanol–water partition coefficient (Wildman–Crippen LogP) is 2.40. The molecule has 10 heteroatoms. The molecule has 1 aliphatic carbocycles. The molecule has 2 aromatic rings. The number of hydrazone groups is 1. The van der Waals surface area contributed by atoms with Gasteiger partial charge in [-0.25, -0.2) is 5.43 Å². The summed E-state index contributed by atoms with van der Waals surface area (Å²) in [6.07, 6.45) is 6.29. The number of amidine groups is 1. The normalized spacial score (nSPS) is 21.9. The topological polar surface area (TPSA) is 155 Å². The molecule has 2 amide bonds. The highest BCUT2D eigenvalue weighted by Gasteiger charge is 2.32. The van der Waals surface area contributed by atoms with Crippen LogP contribution < -0.4 is 21.8 Å². The molecular weight excluding hydrogens is 460 g/mol. The van der Waals surface area contributed by atoms with Gasteiger partial charge in [0.25, 0.3) is 5.91 Å². The number of fused-ring (bicyclic) bond motifs is 1. The van der Waals surface area contributed by atoms with Crippen molar-refractivity contribution in [2.24, 2.45) is 10.8 Å². The summed E-state index contributed by atoms with van der Waals surface area (Å²) >= 11 is 0. The minimum Gasteiger partial charge on any atom is -0.454 e. The molecule has 0 spiro atoms. The molecule has 1 fully saturated rings. The zero-order valence-electron chi connectivity index (χ0n) is 20.7. The number of carbonyl (C=O) groups is 2. The number of hydrogen-bond donors (Lipinski definition) is 5. The lowest BCUT2D eigenvalue weighted by molar-refractivity contribution is -0.117. The number of aryl methyl sites for hydroxylation is 2. The van der Waals surface area contributed by atoms with E-state index in [4.69, 9.17) is 20.3 Å². The van der Waals surface area contributed by atoms with E-state index in [-0.39, 0.29) is 35.1 Å². The van der Waals surface area contributed by atoms with Crippen LogP contribution >= 0.6 is 0 Å². The van der Waals surface area contributed by atoms with Crippen LogP contribution in [0.15, 0.2) is 45.4 Å². The van der Waals surface area contributed by atoms with Gasteiger partial charge in [0, 0.05) is 36.2 Å². The number of hydrogen-bond acceptors (Lipinski definition) is 8. The summed E-state index contributed by atoms with van der Waals surface area (Å²) in [5, 5.41) is 19.8. The number of ether oxygens (including phenoxy) is 1. The fraction of sp³-hybridized carbons (Fsp3) is 0.385. The van der Waals surface area contributed by atoms with Gasteiger partial charge in [-0.2, -0.15) is 5.10 Å². The molecule has 6 N–H and O–H groups in total. The Balaban J connectivity index is 1.60. The lowest BCUT2D eigenvalue weighted by atomic mass is 9.90. The summed E-state index contributed by atoms with van der Waals surface area (Å²) in [4.78, 5) is 24.4. The first kappa shape index (κ1) is 25.2. The summed E-state index contributed by atoms with van der Waals surface area (Å²) in [7, 11) is 1.58. The first-order valence-corrected chi connectivity index (χ1v) is 12.0. The van der Waals surface area contributed by atoms with Gasteiger partial charge in [0.1, 0.15) is 11.3 Å². The van der Waals surface area contributed by atoms with E-state index in [0.717, 1.165) is 42.2 Å². The maximum absolute atomic E-state index is 12.3. The average Bonchev–Trinajstić information content (AvgIpc) is 3.18. The Bertz CT molecular complexity index is 1280. The van der Waals surface area contributed by atoms with Crippen LogP contribution in [-0.2, 0) is 14.3 Å². The second kappa shape index (κ2) is 10.8. The van der Waals surface area contributed by atoms with E-state index in [2.05, 4.69) is 21.2 Å². The highest BCUT2D eigenvalue weighted by molar-refractivity contribution is 6.53. The number of methoxy groups -OCH3 is 1. The van der Waals surface area contributed by atoms with Gasteiger partial charge >= 0.3 is 0 Å². The molecule has 1 saturated carbocycles. The Morgan fingerprint density at radius 3 is 2.64 bits per heavy atom. The van der Waals surface area contributed by atoms with Gasteiger partial charge in [0.15, 0.2) is 11.6 Å². The lowest BCUT2D eigenvalue weighted by Crippen LogP contribution is -2.44. The maximum Gasteiger partial charge on any atom is 0.290 e. The summed E-state index contributed by atoms with van der Waals surface area (Å²) in [5.74, 6) is -0.190. The van der Waals surface area contributed by atoms with Gasteiger partial charge in [-0.05, 0) is 51.7 Å². The molecule has 2 aliphatic rings. The molecule has 0 atom stereocenters. The lowest BCUT2D eigenvalue weighted by Gasteiger charge is -2.31.